The van der Waals surface area contributed by atoms with Crippen molar-refractivity contribution in [3.63, 3.8) is 0 Å². The summed E-state index contributed by atoms with van der Waals surface area (Å²) >= 11 is 5.86. The van der Waals surface area contributed by atoms with Gasteiger partial charge in [-0.25, -0.2) is 14.4 Å². The van der Waals surface area contributed by atoms with E-state index in [1.165, 1.54) is 31.6 Å². The fourth-order valence-electron chi connectivity index (χ4n) is 3.33. The zero-order chi connectivity index (χ0) is 22.0. The van der Waals surface area contributed by atoms with Crippen molar-refractivity contribution in [2.45, 2.75) is 19.3 Å². The van der Waals surface area contributed by atoms with Gasteiger partial charge in [0.15, 0.2) is 5.78 Å². The Kier molecular flexibility index (Phi) is 5.81. The lowest BCUT2D eigenvalue weighted by molar-refractivity contribution is -0.120. The molecule has 0 radical (unpaired) electrons. The Morgan fingerprint density at radius 3 is 2.81 bits per heavy atom. The third-order valence-electron chi connectivity index (χ3n) is 4.89. The first-order valence-electron chi connectivity index (χ1n) is 9.56. The van der Waals surface area contributed by atoms with E-state index in [4.69, 9.17) is 16.3 Å². The zero-order valence-electron chi connectivity index (χ0n) is 16.5. The van der Waals surface area contributed by atoms with E-state index in [0.29, 0.717) is 46.7 Å². The van der Waals surface area contributed by atoms with E-state index >= 15 is 0 Å². The molecule has 31 heavy (non-hydrogen) atoms. The van der Waals surface area contributed by atoms with Gasteiger partial charge in [0.1, 0.15) is 23.7 Å². The monoisotopic (exact) mass is 440 g/mol. The summed E-state index contributed by atoms with van der Waals surface area (Å²) in [5.74, 6) is -0.375. The van der Waals surface area contributed by atoms with Crippen LogP contribution in [0.5, 0.6) is 5.75 Å². The summed E-state index contributed by atoms with van der Waals surface area (Å²) < 4.78 is 18.9. The van der Waals surface area contributed by atoms with E-state index in [9.17, 15) is 14.0 Å². The van der Waals surface area contributed by atoms with Crippen LogP contribution in [0, 0.1) is 5.82 Å². The van der Waals surface area contributed by atoms with Crippen LogP contribution in [0.1, 0.15) is 19.3 Å². The van der Waals surface area contributed by atoms with E-state index in [-0.39, 0.29) is 16.4 Å². The van der Waals surface area contributed by atoms with Gasteiger partial charge in [0.05, 0.1) is 28.9 Å². The number of ether oxygens (including phenoxy) is 1. The predicted molar refractivity (Wildman–Crippen MR) is 116 cm³/mol. The summed E-state index contributed by atoms with van der Waals surface area (Å²) in [6.07, 6.45) is 4.82. The number of fused-ring (bicyclic) bond motifs is 1. The molecule has 2 aromatic carbocycles. The van der Waals surface area contributed by atoms with Crippen LogP contribution in [-0.2, 0) is 9.59 Å². The number of rotatable bonds is 5. The number of nitrogens with zero attached hydrogens (tertiary/aromatic N) is 2. The Labute approximate surface area is 182 Å². The lowest BCUT2D eigenvalue weighted by Crippen LogP contribution is -2.22. The molecule has 0 saturated carbocycles. The van der Waals surface area contributed by atoms with Crippen LogP contribution in [0.3, 0.4) is 0 Å². The van der Waals surface area contributed by atoms with Gasteiger partial charge < -0.3 is 15.4 Å². The molecule has 4 rings (SSSR count). The molecule has 7 nitrogen and oxygen atoms in total. The third kappa shape index (κ3) is 4.34. The summed E-state index contributed by atoms with van der Waals surface area (Å²) in [5.41, 5.74) is 1.62. The van der Waals surface area contributed by atoms with E-state index in [1.807, 2.05) is 0 Å². The topological polar surface area (TPSA) is 93.2 Å². The molecule has 1 aliphatic carbocycles. The Balaban J connectivity index is 1.71. The number of benzene rings is 2. The molecule has 2 N–H and O–H groups in total. The molecule has 1 amide bonds. The van der Waals surface area contributed by atoms with Gasteiger partial charge in [-0.2, -0.15) is 0 Å². The van der Waals surface area contributed by atoms with E-state index in [0.717, 1.165) is 6.42 Å². The number of halogens is 2. The maximum atomic E-state index is 13.5. The van der Waals surface area contributed by atoms with Crippen LogP contribution in [0.2, 0.25) is 5.02 Å². The number of aromatic nitrogens is 2. The number of ketones is 1. The Morgan fingerprint density at radius 2 is 2.06 bits per heavy atom. The lowest BCUT2D eigenvalue weighted by atomic mass is 9.97. The van der Waals surface area contributed by atoms with Gasteiger partial charge in [-0.05, 0) is 37.1 Å². The van der Waals surface area contributed by atoms with Crippen molar-refractivity contribution in [2.75, 3.05) is 17.7 Å². The van der Waals surface area contributed by atoms with Gasteiger partial charge in [0, 0.05) is 23.6 Å². The highest BCUT2D eigenvalue weighted by Crippen LogP contribution is 2.34. The molecule has 1 heterocycles. The number of anilines is 3. The summed E-state index contributed by atoms with van der Waals surface area (Å²) in [6.45, 7) is 0. The molecule has 0 aliphatic heterocycles. The molecule has 158 valence electrons. The molecular formula is C22H18ClFN4O3. The molecule has 0 atom stereocenters. The van der Waals surface area contributed by atoms with Crippen LogP contribution in [0.25, 0.3) is 10.9 Å². The lowest BCUT2D eigenvalue weighted by Gasteiger charge is -2.15. The van der Waals surface area contributed by atoms with Crippen molar-refractivity contribution in [3.8, 4) is 5.75 Å². The molecule has 0 spiro atoms. The summed E-state index contributed by atoms with van der Waals surface area (Å²) in [4.78, 5) is 33.3. The van der Waals surface area contributed by atoms with Crippen molar-refractivity contribution in [1.82, 2.24) is 9.97 Å². The summed E-state index contributed by atoms with van der Waals surface area (Å²) in [7, 11) is 1.47. The normalized spacial score (nSPS) is 13.6. The number of carbonyl (C=O) groups excluding carboxylic acids is 2. The maximum absolute atomic E-state index is 13.5. The molecule has 1 aromatic heterocycles. The van der Waals surface area contributed by atoms with Crippen LogP contribution >= 0.6 is 11.6 Å². The zero-order valence-corrected chi connectivity index (χ0v) is 17.3. The highest BCUT2D eigenvalue weighted by molar-refractivity contribution is 6.31. The van der Waals surface area contributed by atoms with Crippen molar-refractivity contribution in [1.29, 1.82) is 0 Å². The largest absolute Gasteiger partial charge is 0.494 e. The smallest absolute Gasteiger partial charge is 0.259 e. The number of carbonyl (C=O) groups is 2. The second kappa shape index (κ2) is 8.69. The van der Waals surface area contributed by atoms with Crippen LogP contribution < -0.4 is 15.4 Å². The average Bonchev–Trinajstić information content (AvgIpc) is 2.76. The summed E-state index contributed by atoms with van der Waals surface area (Å²) in [5, 5.41) is 6.40. The fourth-order valence-corrected chi connectivity index (χ4v) is 3.51. The number of Topliss-reactive ketones (excluding diaryl/α,β-unsaturated/α-hetero) is 1. The van der Waals surface area contributed by atoms with Crippen molar-refractivity contribution >= 4 is 51.4 Å². The predicted octanol–water partition coefficient (Wildman–Crippen LogP) is 4.79. The van der Waals surface area contributed by atoms with Gasteiger partial charge >= 0.3 is 0 Å². The van der Waals surface area contributed by atoms with Crippen molar-refractivity contribution < 1.29 is 18.7 Å². The molecule has 0 saturated heterocycles. The highest BCUT2D eigenvalue weighted by atomic mass is 35.5. The summed E-state index contributed by atoms with van der Waals surface area (Å²) in [6, 6.07) is 7.54. The molecule has 0 bridgehead atoms. The number of hydrogen-bond acceptors (Lipinski definition) is 6. The first kappa shape index (κ1) is 20.7. The van der Waals surface area contributed by atoms with Crippen LogP contribution in [-0.4, -0.2) is 28.8 Å². The Morgan fingerprint density at radius 1 is 1.23 bits per heavy atom. The van der Waals surface area contributed by atoms with Gasteiger partial charge in [0.25, 0.3) is 5.91 Å². The number of methoxy groups -OCH3 is 1. The third-order valence-corrected chi connectivity index (χ3v) is 5.18. The van der Waals surface area contributed by atoms with E-state index in [2.05, 4.69) is 20.6 Å². The second-order valence-corrected chi connectivity index (χ2v) is 7.34. The fraction of sp³-hybridized carbons (Fsp3) is 0.182. The first-order valence-corrected chi connectivity index (χ1v) is 9.93. The van der Waals surface area contributed by atoms with Gasteiger partial charge in [-0.15, -0.1) is 0 Å². The SMILES string of the molecule is COc1cc2ncnc(Nc3ccc(F)c(Cl)c3)c2cc1NC(=O)C1=CCCCC1=O. The number of hydrogen-bond donors (Lipinski definition) is 2. The number of amides is 1. The van der Waals surface area contributed by atoms with E-state index < -0.39 is 11.7 Å². The second-order valence-electron chi connectivity index (χ2n) is 6.93. The molecule has 9 heteroatoms. The molecule has 3 aromatic rings. The molecule has 0 fully saturated rings. The van der Waals surface area contributed by atoms with Crippen molar-refractivity contribution in [3.05, 3.63) is 59.1 Å². The minimum atomic E-state index is -0.527. The van der Waals surface area contributed by atoms with Crippen LogP contribution in [0.4, 0.5) is 21.6 Å². The first-order chi connectivity index (χ1) is 15.0. The van der Waals surface area contributed by atoms with E-state index in [1.54, 1.807) is 18.2 Å². The average molecular weight is 441 g/mol. The Hall–Kier alpha value is -3.52. The molecule has 1 aliphatic rings. The van der Waals surface area contributed by atoms with Gasteiger partial charge in [-0.3, -0.25) is 9.59 Å². The van der Waals surface area contributed by atoms with Crippen molar-refractivity contribution in [2.24, 2.45) is 0 Å². The highest BCUT2D eigenvalue weighted by Gasteiger charge is 2.22. The van der Waals surface area contributed by atoms with Crippen LogP contribution in [0.15, 0.2) is 48.3 Å². The minimum Gasteiger partial charge on any atom is -0.494 e. The van der Waals surface area contributed by atoms with Gasteiger partial charge in [-0.1, -0.05) is 17.7 Å². The molecular weight excluding hydrogens is 423 g/mol. The Bertz CT molecular complexity index is 1230. The molecule has 0 unspecified atom stereocenters. The standard InChI is InChI=1S/C22H18ClFN4O3/c1-31-20-10-17-14(9-18(20)28-22(30)13-4-2-3-5-19(13)29)21(26-11-25-17)27-12-6-7-16(24)15(23)8-12/h4,6-11H,2-3,5H2,1H3,(H,28,30)(H,25,26,27). The number of nitrogens with one attached hydrogen (secondary N) is 2. The van der Waals surface area contributed by atoms with Gasteiger partial charge in [0.2, 0.25) is 0 Å². The minimum absolute atomic E-state index is 0.0246. The number of allylic oxidation sites excluding steroid dienone is 1. The quantitative estimate of drug-likeness (QED) is 0.554. The maximum Gasteiger partial charge on any atom is 0.259 e.